The molecule has 0 aromatic carbocycles. The highest BCUT2D eigenvalue weighted by Crippen LogP contribution is 2.38. The molecule has 1 aliphatic carbocycles. The van der Waals surface area contributed by atoms with E-state index in [4.69, 9.17) is 0 Å². The van der Waals surface area contributed by atoms with Crippen LogP contribution in [0.2, 0.25) is 0 Å². The Bertz CT molecular complexity index is 484. The maximum absolute atomic E-state index is 12.6. The first-order valence-electron chi connectivity index (χ1n) is 7.76. The van der Waals surface area contributed by atoms with Crippen LogP contribution in [0.5, 0.6) is 0 Å². The number of hydrogen-bond acceptors (Lipinski definition) is 3. The molecular weight excluding hydrogens is 284 g/mol. The van der Waals surface area contributed by atoms with Gasteiger partial charge in [0.2, 0.25) is 12.3 Å². The van der Waals surface area contributed by atoms with E-state index < -0.39 is 6.04 Å². The van der Waals surface area contributed by atoms with E-state index in [0.717, 1.165) is 31.0 Å². The van der Waals surface area contributed by atoms with Crippen molar-refractivity contribution in [2.75, 3.05) is 13.1 Å². The number of amides is 2. The van der Waals surface area contributed by atoms with E-state index in [1.807, 2.05) is 21.7 Å². The van der Waals surface area contributed by atoms with Crippen LogP contribution in [0.1, 0.15) is 31.2 Å². The van der Waals surface area contributed by atoms with Crippen LogP contribution in [0.25, 0.3) is 0 Å². The van der Waals surface area contributed by atoms with Crippen molar-refractivity contribution in [3.8, 4) is 0 Å². The molecule has 0 spiro atoms. The number of hydrogen-bond donors (Lipinski definition) is 1. The molecule has 1 saturated heterocycles. The average Bonchev–Trinajstić information content (AvgIpc) is 2.96. The average molecular weight is 306 g/mol. The smallest absolute Gasteiger partial charge is 0.245 e. The third-order valence-corrected chi connectivity index (χ3v) is 5.28. The standard InChI is InChI=1S/C16H22N2O2S/c19-11-17-15(8-14-4-6-21-10-14)16(20)18-5-3-13(9-18)7-12-1-2-12/h4,6,10-13,15H,1-3,5,7-9H2,(H,17,19). The second-order valence-corrected chi connectivity index (χ2v) is 7.07. The topological polar surface area (TPSA) is 49.4 Å². The van der Waals surface area contributed by atoms with Gasteiger partial charge in [-0.2, -0.15) is 11.3 Å². The summed E-state index contributed by atoms with van der Waals surface area (Å²) in [6.07, 6.45) is 6.38. The number of nitrogens with one attached hydrogen (secondary N) is 1. The predicted molar refractivity (Wildman–Crippen MR) is 83.0 cm³/mol. The van der Waals surface area contributed by atoms with E-state index >= 15 is 0 Å². The predicted octanol–water partition coefficient (Wildman–Crippen LogP) is 2.05. The Morgan fingerprint density at radius 1 is 1.43 bits per heavy atom. The molecule has 2 fully saturated rings. The normalized spacial score (nSPS) is 23.0. The quantitative estimate of drug-likeness (QED) is 0.784. The maximum Gasteiger partial charge on any atom is 0.245 e. The lowest BCUT2D eigenvalue weighted by Crippen LogP contribution is -2.46. The van der Waals surface area contributed by atoms with Crippen molar-refractivity contribution in [1.82, 2.24) is 10.2 Å². The Morgan fingerprint density at radius 2 is 2.29 bits per heavy atom. The molecule has 1 aromatic rings. The highest BCUT2D eigenvalue weighted by atomic mass is 32.1. The first-order valence-corrected chi connectivity index (χ1v) is 8.70. The van der Waals surface area contributed by atoms with Crippen molar-refractivity contribution in [2.24, 2.45) is 11.8 Å². The van der Waals surface area contributed by atoms with Crippen LogP contribution >= 0.6 is 11.3 Å². The summed E-state index contributed by atoms with van der Waals surface area (Å²) in [7, 11) is 0. The Kier molecular flexibility index (Phi) is 4.58. The molecule has 4 nitrogen and oxygen atoms in total. The van der Waals surface area contributed by atoms with Crippen LogP contribution in [-0.2, 0) is 16.0 Å². The zero-order valence-electron chi connectivity index (χ0n) is 12.2. The summed E-state index contributed by atoms with van der Waals surface area (Å²) in [6, 6.07) is 1.59. The summed E-state index contributed by atoms with van der Waals surface area (Å²) in [5, 5.41) is 6.73. The van der Waals surface area contributed by atoms with Gasteiger partial charge in [-0.15, -0.1) is 0 Å². The highest BCUT2D eigenvalue weighted by Gasteiger charge is 2.34. The van der Waals surface area contributed by atoms with Crippen molar-refractivity contribution in [3.63, 3.8) is 0 Å². The molecule has 2 amide bonds. The molecule has 1 saturated carbocycles. The van der Waals surface area contributed by atoms with E-state index in [9.17, 15) is 9.59 Å². The van der Waals surface area contributed by atoms with E-state index in [-0.39, 0.29) is 5.91 Å². The van der Waals surface area contributed by atoms with E-state index in [1.54, 1.807) is 11.3 Å². The molecule has 2 heterocycles. The molecule has 2 atom stereocenters. The minimum absolute atomic E-state index is 0.0756. The van der Waals surface area contributed by atoms with Crippen molar-refractivity contribution >= 4 is 23.7 Å². The summed E-state index contributed by atoms with van der Waals surface area (Å²) in [4.78, 5) is 25.4. The van der Waals surface area contributed by atoms with Gasteiger partial charge in [-0.1, -0.05) is 12.8 Å². The van der Waals surface area contributed by atoms with Gasteiger partial charge in [0.25, 0.3) is 0 Å². The molecule has 0 radical (unpaired) electrons. The third kappa shape index (κ3) is 3.84. The van der Waals surface area contributed by atoms with Gasteiger partial charge in [-0.05, 0) is 47.1 Å². The molecular formula is C16H22N2O2S. The summed E-state index contributed by atoms with van der Waals surface area (Å²) < 4.78 is 0. The fourth-order valence-corrected chi connectivity index (χ4v) is 3.90. The highest BCUT2D eigenvalue weighted by molar-refractivity contribution is 7.07. The Labute approximate surface area is 129 Å². The minimum Gasteiger partial charge on any atom is -0.347 e. The number of rotatable bonds is 7. The molecule has 1 aromatic heterocycles. The number of carbonyl (C=O) groups excluding carboxylic acids is 2. The van der Waals surface area contributed by atoms with Gasteiger partial charge in [0.05, 0.1) is 0 Å². The molecule has 114 valence electrons. The number of nitrogens with zero attached hydrogens (tertiary/aromatic N) is 1. The van der Waals surface area contributed by atoms with Crippen molar-refractivity contribution in [2.45, 2.75) is 38.1 Å². The fraction of sp³-hybridized carbons (Fsp3) is 0.625. The van der Waals surface area contributed by atoms with Crippen LogP contribution in [0.4, 0.5) is 0 Å². The molecule has 1 N–H and O–H groups in total. The Morgan fingerprint density at radius 3 is 2.95 bits per heavy atom. The lowest BCUT2D eigenvalue weighted by molar-refractivity contribution is -0.133. The van der Waals surface area contributed by atoms with Crippen molar-refractivity contribution in [3.05, 3.63) is 22.4 Å². The van der Waals surface area contributed by atoms with Crippen molar-refractivity contribution in [1.29, 1.82) is 0 Å². The lowest BCUT2D eigenvalue weighted by Gasteiger charge is -2.23. The summed E-state index contributed by atoms with van der Waals surface area (Å²) in [5.74, 6) is 1.66. The van der Waals surface area contributed by atoms with E-state index in [0.29, 0.717) is 18.7 Å². The number of likely N-dealkylation sites (tertiary alicyclic amines) is 1. The molecule has 0 bridgehead atoms. The van der Waals surface area contributed by atoms with Crippen LogP contribution < -0.4 is 5.32 Å². The molecule has 5 heteroatoms. The van der Waals surface area contributed by atoms with Crippen LogP contribution in [0, 0.1) is 11.8 Å². The molecule has 3 rings (SSSR count). The fourth-order valence-electron chi connectivity index (χ4n) is 3.21. The van der Waals surface area contributed by atoms with Gasteiger partial charge >= 0.3 is 0 Å². The Hall–Kier alpha value is -1.36. The van der Waals surface area contributed by atoms with Crippen LogP contribution in [0.3, 0.4) is 0 Å². The first kappa shape index (κ1) is 14.6. The summed E-state index contributed by atoms with van der Waals surface area (Å²) in [6.45, 7) is 1.72. The number of carbonyl (C=O) groups is 2. The van der Waals surface area contributed by atoms with Gasteiger partial charge in [-0.3, -0.25) is 9.59 Å². The van der Waals surface area contributed by atoms with Crippen LogP contribution in [-0.4, -0.2) is 36.3 Å². The van der Waals surface area contributed by atoms with Gasteiger partial charge < -0.3 is 10.2 Å². The minimum atomic E-state index is -0.420. The monoisotopic (exact) mass is 306 g/mol. The Balaban J connectivity index is 1.56. The summed E-state index contributed by atoms with van der Waals surface area (Å²) in [5.41, 5.74) is 1.11. The van der Waals surface area contributed by atoms with Gasteiger partial charge in [0.15, 0.2) is 0 Å². The number of thiophene rings is 1. The maximum atomic E-state index is 12.6. The molecule has 1 aliphatic heterocycles. The zero-order chi connectivity index (χ0) is 14.7. The van der Waals surface area contributed by atoms with Crippen molar-refractivity contribution < 1.29 is 9.59 Å². The summed E-state index contributed by atoms with van der Waals surface area (Å²) >= 11 is 1.62. The van der Waals surface area contributed by atoms with E-state index in [1.165, 1.54) is 19.3 Å². The lowest BCUT2D eigenvalue weighted by atomic mass is 10.0. The molecule has 21 heavy (non-hydrogen) atoms. The largest absolute Gasteiger partial charge is 0.347 e. The second kappa shape index (κ2) is 6.60. The first-order chi connectivity index (χ1) is 10.3. The zero-order valence-corrected chi connectivity index (χ0v) is 13.0. The third-order valence-electron chi connectivity index (χ3n) is 4.55. The molecule has 2 aliphatic rings. The van der Waals surface area contributed by atoms with Gasteiger partial charge in [-0.25, -0.2) is 0 Å². The molecule has 2 unspecified atom stereocenters. The SMILES string of the molecule is O=CNC(Cc1ccsc1)C(=O)N1CCC(CC2CC2)C1. The van der Waals surface area contributed by atoms with Gasteiger partial charge in [0, 0.05) is 19.5 Å². The van der Waals surface area contributed by atoms with Crippen LogP contribution in [0.15, 0.2) is 16.8 Å². The van der Waals surface area contributed by atoms with Gasteiger partial charge in [0.1, 0.15) is 6.04 Å². The van der Waals surface area contributed by atoms with E-state index in [2.05, 4.69) is 5.32 Å². The second-order valence-electron chi connectivity index (χ2n) is 6.29.